The van der Waals surface area contributed by atoms with Crippen molar-refractivity contribution in [2.75, 3.05) is 0 Å². The molecule has 0 heteroatoms. The molecule has 0 aliphatic rings. The van der Waals surface area contributed by atoms with Crippen molar-refractivity contribution in [3.8, 4) is 0 Å². The van der Waals surface area contributed by atoms with Gasteiger partial charge in [-0.25, -0.2) is 0 Å². The smallest absolute Gasteiger partial charge is 0.0286 e. The maximum Gasteiger partial charge on any atom is -0.0286 e. The molecule has 0 radical (unpaired) electrons. The Bertz CT molecular complexity index is 462. The van der Waals surface area contributed by atoms with Crippen LogP contribution in [0.1, 0.15) is 143 Å². The third-order valence-electron chi connectivity index (χ3n) is 6.56. The molecule has 0 amide bonds. The molecule has 0 heterocycles. The highest BCUT2D eigenvalue weighted by Crippen LogP contribution is 2.29. The largest absolute Gasteiger partial charge is 0.100 e. The lowest BCUT2D eigenvalue weighted by atomic mass is 9.86. The molecule has 0 saturated carbocycles. The predicted molar refractivity (Wildman–Crippen MR) is 145 cm³/mol. The molecule has 0 aromatic heterocycles. The Kier molecular flexibility index (Phi) is 20.1. The molecule has 0 bridgehead atoms. The van der Waals surface area contributed by atoms with E-state index in [1.54, 1.807) is 0 Å². The van der Waals surface area contributed by atoms with Crippen molar-refractivity contribution in [2.24, 2.45) is 5.92 Å². The summed E-state index contributed by atoms with van der Waals surface area (Å²) in [6, 6.07) is 0. The van der Waals surface area contributed by atoms with Crippen molar-refractivity contribution >= 4 is 0 Å². The fourth-order valence-corrected chi connectivity index (χ4v) is 4.27. The van der Waals surface area contributed by atoms with Crippen LogP contribution in [0.25, 0.3) is 0 Å². The van der Waals surface area contributed by atoms with Gasteiger partial charge in [0.05, 0.1) is 0 Å². The summed E-state index contributed by atoms with van der Waals surface area (Å²) in [7, 11) is 0. The van der Waals surface area contributed by atoms with Gasteiger partial charge in [-0.3, -0.25) is 0 Å². The van der Waals surface area contributed by atoms with E-state index in [1.807, 2.05) is 0 Å². The van der Waals surface area contributed by atoms with Crippen LogP contribution < -0.4 is 0 Å². The van der Waals surface area contributed by atoms with E-state index >= 15 is 0 Å². The Morgan fingerprint density at radius 2 is 0.968 bits per heavy atom. The normalized spacial score (nSPS) is 11.1. The third-order valence-corrected chi connectivity index (χ3v) is 6.56. The molecule has 0 saturated heterocycles. The second kappa shape index (κ2) is 20.8. The van der Waals surface area contributed by atoms with Crippen LogP contribution in [0.4, 0.5) is 0 Å². The van der Waals surface area contributed by atoms with Gasteiger partial charge in [-0.2, -0.15) is 0 Å². The summed E-state index contributed by atoms with van der Waals surface area (Å²) in [6.45, 7) is 23.9. The minimum atomic E-state index is 0.728. The van der Waals surface area contributed by atoms with Gasteiger partial charge in [0.1, 0.15) is 0 Å². The van der Waals surface area contributed by atoms with Gasteiger partial charge in [-0.1, -0.05) is 107 Å². The van der Waals surface area contributed by atoms with Crippen LogP contribution in [0, 0.1) is 5.92 Å². The molecular weight excluding hydrogens is 372 g/mol. The second-order valence-corrected chi connectivity index (χ2v) is 10.2. The highest BCUT2D eigenvalue weighted by atomic mass is 14.2. The summed E-state index contributed by atoms with van der Waals surface area (Å²) in [6.07, 6.45) is 24.3. The molecule has 180 valence electrons. The van der Waals surface area contributed by atoms with Crippen LogP contribution in [0.15, 0.2) is 48.6 Å². The van der Waals surface area contributed by atoms with E-state index in [4.69, 9.17) is 0 Å². The van der Waals surface area contributed by atoms with Gasteiger partial charge in [-0.05, 0) is 83.5 Å². The highest BCUT2D eigenvalue weighted by Gasteiger charge is 2.12. The molecule has 31 heavy (non-hydrogen) atoms. The van der Waals surface area contributed by atoms with Gasteiger partial charge in [-0.15, -0.1) is 6.58 Å². The first kappa shape index (κ1) is 30.0. The minimum Gasteiger partial charge on any atom is -0.100 e. The van der Waals surface area contributed by atoms with Gasteiger partial charge >= 0.3 is 0 Å². The lowest BCUT2D eigenvalue weighted by Gasteiger charge is -2.20. The van der Waals surface area contributed by atoms with Crippen molar-refractivity contribution in [3.63, 3.8) is 0 Å². The van der Waals surface area contributed by atoms with E-state index in [0.717, 1.165) is 18.8 Å². The topological polar surface area (TPSA) is 0 Å². The molecule has 0 unspecified atom stereocenters. The number of hydrogen-bond acceptors (Lipinski definition) is 0. The number of allylic oxidation sites excluding steroid dienone is 4. The van der Waals surface area contributed by atoms with Crippen LogP contribution >= 0.6 is 0 Å². The van der Waals surface area contributed by atoms with Crippen molar-refractivity contribution in [1.29, 1.82) is 0 Å². The number of unbranched alkanes of at least 4 members (excludes halogenated alkanes) is 8. The highest BCUT2D eigenvalue weighted by molar-refractivity contribution is 5.03. The van der Waals surface area contributed by atoms with Crippen molar-refractivity contribution in [3.05, 3.63) is 48.6 Å². The van der Waals surface area contributed by atoms with E-state index in [0.29, 0.717) is 0 Å². The Balaban J connectivity index is 4.37. The molecule has 0 fully saturated rings. The van der Waals surface area contributed by atoms with E-state index < -0.39 is 0 Å². The zero-order chi connectivity index (χ0) is 23.3. The molecule has 0 aliphatic carbocycles. The van der Waals surface area contributed by atoms with Crippen molar-refractivity contribution in [1.82, 2.24) is 0 Å². The SMILES string of the molecule is C=C(C)CCC(=C)CC(CCC(=C)CCCCCCC)CCC(=C)CCCCCCC. The maximum absolute atomic E-state index is 4.39. The van der Waals surface area contributed by atoms with Gasteiger partial charge in [0, 0.05) is 0 Å². The molecule has 0 atom stereocenters. The first-order chi connectivity index (χ1) is 14.9. The first-order valence-electron chi connectivity index (χ1n) is 13.5. The molecule has 0 aromatic carbocycles. The van der Waals surface area contributed by atoms with Crippen molar-refractivity contribution in [2.45, 2.75) is 143 Å². The molecule has 0 aliphatic heterocycles. The molecule has 0 rings (SSSR count). The molecular formula is C31H56. The van der Waals surface area contributed by atoms with E-state index in [2.05, 4.69) is 47.1 Å². The van der Waals surface area contributed by atoms with Crippen molar-refractivity contribution < 1.29 is 0 Å². The molecule has 0 aromatic rings. The van der Waals surface area contributed by atoms with E-state index in [-0.39, 0.29) is 0 Å². The summed E-state index contributed by atoms with van der Waals surface area (Å²) in [4.78, 5) is 0. The van der Waals surface area contributed by atoms with Crippen LogP contribution in [-0.4, -0.2) is 0 Å². The average Bonchev–Trinajstić information content (AvgIpc) is 2.73. The summed E-state index contributed by atoms with van der Waals surface area (Å²) < 4.78 is 0. The van der Waals surface area contributed by atoms with Crippen LogP contribution in [0.3, 0.4) is 0 Å². The van der Waals surface area contributed by atoms with E-state index in [9.17, 15) is 0 Å². The fraction of sp³-hybridized carbons (Fsp3) is 0.742. The van der Waals surface area contributed by atoms with Gasteiger partial charge in [0.15, 0.2) is 0 Å². The van der Waals surface area contributed by atoms with Gasteiger partial charge < -0.3 is 0 Å². The quantitative estimate of drug-likeness (QED) is 0.112. The zero-order valence-corrected chi connectivity index (χ0v) is 21.8. The zero-order valence-electron chi connectivity index (χ0n) is 21.8. The third kappa shape index (κ3) is 20.6. The Morgan fingerprint density at radius 3 is 1.39 bits per heavy atom. The Morgan fingerprint density at radius 1 is 0.516 bits per heavy atom. The summed E-state index contributed by atoms with van der Waals surface area (Å²) >= 11 is 0. The lowest BCUT2D eigenvalue weighted by molar-refractivity contribution is 0.435. The Labute approximate surface area is 197 Å². The molecule has 0 N–H and O–H groups in total. The first-order valence-corrected chi connectivity index (χ1v) is 13.5. The molecule has 0 nitrogen and oxygen atoms in total. The summed E-state index contributed by atoms with van der Waals surface area (Å²) in [5.74, 6) is 0.728. The second-order valence-electron chi connectivity index (χ2n) is 10.2. The van der Waals surface area contributed by atoms with Crippen LogP contribution in [0.2, 0.25) is 0 Å². The average molecular weight is 429 g/mol. The standard InChI is InChI=1S/C31H56/c1-8-10-12-14-16-18-28(5)22-24-31(26-30(7)21-20-27(3)4)25-23-29(6)19-17-15-13-11-9-2/h31H,3,5-26H2,1-2,4H3. The van der Waals surface area contributed by atoms with Gasteiger partial charge in [0.25, 0.3) is 0 Å². The maximum atomic E-state index is 4.39. The summed E-state index contributed by atoms with van der Waals surface area (Å²) in [5, 5.41) is 0. The molecule has 0 spiro atoms. The van der Waals surface area contributed by atoms with Crippen LogP contribution in [0.5, 0.6) is 0 Å². The van der Waals surface area contributed by atoms with E-state index in [1.165, 1.54) is 131 Å². The van der Waals surface area contributed by atoms with Crippen LogP contribution in [-0.2, 0) is 0 Å². The minimum absolute atomic E-state index is 0.728. The Hall–Kier alpha value is -1.04. The number of hydrogen-bond donors (Lipinski definition) is 0. The predicted octanol–water partition coefficient (Wildman–Crippen LogP) is 11.3. The monoisotopic (exact) mass is 428 g/mol. The fourth-order valence-electron chi connectivity index (χ4n) is 4.27. The van der Waals surface area contributed by atoms with Gasteiger partial charge in [0.2, 0.25) is 0 Å². The number of rotatable bonds is 23. The summed E-state index contributed by atoms with van der Waals surface area (Å²) in [5.41, 5.74) is 5.60. The lowest BCUT2D eigenvalue weighted by Crippen LogP contribution is -2.04.